The number of nitrogens with zero attached hydrogens (tertiary/aromatic N) is 5. The van der Waals surface area contributed by atoms with Gasteiger partial charge in [-0.25, -0.2) is 18.7 Å². The first-order valence-electron chi connectivity index (χ1n) is 7.94. The van der Waals surface area contributed by atoms with Crippen LogP contribution in [-0.2, 0) is 0 Å². The van der Waals surface area contributed by atoms with E-state index in [1.807, 2.05) is 25.1 Å². The van der Waals surface area contributed by atoms with Gasteiger partial charge in [-0.2, -0.15) is 0 Å². The largest absolute Gasteiger partial charge is 0.363 e. The summed E-state index contributed by atoms with van der Waals surface area (Å²) in [6.45, 7) is 2.19. The molecule has 0 N–H and O–H groups in total. The van der Waals surface area contributed by atoms with Crippen molar-refractivity contribution in [3.63, 3.8) is 0 Å². The zero-order chi connectivity index (χ0) is 18.0. The summed E-state index contributed by atoms with van der Waals surface area (Å²) in [4.78, 5) is 26.5. The quantitative estimate of drug-likeness (QED) is 0.847. The molecule has 1 aliphatic rings. The Balaban J connectivity index is 1.66. The maximum absolute atomic E-state index is 13.3. The monoisotopic (exact) mass is 347 g/mol. The van der Waals surface area contributed by atoms with Gasteiger partial charge < -0.3 is 14.7 Å². The van der Waals surface area contributed by atoms with Crippen molar-refractivity contribution in [2.75, 3.05) is 50.1 Å². The number of hydrogen-bond acceptors (Lipinski definition) is 5. The number of halogens is 2. The minimum atomic E-state index is -1.01. The number of amides is 1. The fraction of sp³-hybridized carbons (Fsp3) is 0.353. The van der Waals surface area contributed by atoms with Crippen molar-refractivity contribution in [2.24, 2.45) is 0 Å². The van der Waals surface area contributed by atoms with Crippen molar-refractivity contribution in [2.45, 2.75) is 0 Å². The van der Waals surface area contributed by atoms with Gasteiger partial charge in [-0.05, 0) is 18.2 Å². The van der Waals surface area contributed by atoms with Gasteiger partial charge in [-0.3, -0.25) is 4.79 Å². The fourth-order valence-electron chi connectivity index (χ4n) is 2.71. The summed E-state index contributed by atoms with van der Waals surface area (Å²) < 4.78 is 26.3. The van der Waals surface area contributed by atoms with E-state index in [9.17, 15) is 13.6 Å². The number of aromatic nitrogens is 2. The summed E-state index contributed by atoms with van der Waals surface area (Å²) >= 11 is 0. The third-order valence-corrected chi connectivity index (χ3v) is 4.15. The summed E-state index contributed by atoms with van der Waals surface area (Å²) in [6.07, 6.45) is 1.52. The maximum Gasteiger partial charge on any atom is 0.254 e. The highest BCUT2D eigenvalue weighted by Gasteiger charge is 2.23. The van der Waals surface area contributed by atoms with E-state index in [-0.39, 0.29) is 11.5 Å². The Labute approximate surface area is 144 Å². The molecular formula is C17H19F2N5O. The zero-order valence-electron chi connectivity index (χ0n) is 14.1. The molecular weight excluding hydrogens is 328 g/mol. The van der Waals surface area contributed by atoms with Crippen LogP contribution in [0, 0.1) is 11.6 Å². The fourth-order valence-corrected chi connectivity index (χ4v) is 2.71. The van der Waals surface area contributed by atoms with Crippen molar-refractivity contribution in [1.82, 2.24) is 14.9 Å². The summed E-state index contributed by atoms with van der Waals surface area (Å²) in [5.41, 5.74) is 0.157. The molecule has 2 aromatic rings. The predicted octanol–water partition coefficient (Wildman–Crippen LogP) is 1.78. The molecule has 2 heterocycles. The Kier molecular flexibility index (Phi) is 4.78. The second-order valence-electron chi connectivity index (χ2n) is 6.04. The van der Waals surface area contributed by atoms with Crippen LogP contribution < -0.4 is 9.80 Å². The molecule has 0 saturated carbocycles. The van der Waals surface area contributed by atoms with Gasteiger partial charge in [0.05, 0.1) is 0 Å². The number of hydrogen-bond donors (Lipinski definition) is 0. The van der Waals surface area contributed by atoms with E-state index in [0.29, 0.717) is 26.2 Å². The molecule has 0 bridgehead atoms. The first-order chi connectivity index (χ1) is 12.0. The molecule has 0 atom stereocenters. The summed E-state index contributed by atoms with van der Waals surface area (Å²) in [7, 11) is 3.81. The molecule has 1 fully saturated rings. The van der Waals surface area contributed by atoms with Crippen molar-refractivity contribution in [1.29, 1.82) is 0 Å². The highest BCUT2D eigenvalue weighted by Crippen LogP contribution is 2.19. The van der Waals surface area contributed by atoms with Crippen LogP contribution in [-0.4, -0.2) is 61.0 Å². The van der Waals surface area contributed by atoms with E-state index in [4.69, 9.17) is 0 Å². The summed E-state index contributed by atoms with van der Waals surface area (Å²) in [6, 6.07) is 5.12. The number of carbonyl (C=O) groups excluding carboxylic acids is 1. The Morgan fingerprint density at radius 2 is 1.76 bits per heavy atom. The average molecular weight is 347 g/mol. The number of benzene rings is 1. The number of anilines is 2. The topological polar surface area (TPSA) is 52.6 Å². The number of rotatable bonds is 3. The molecule has 1 saturated heterocycles. The van der Waals surface area contributed by atoms with E-state index in [1.165, 1.54) is 12.4 Å². The zero-order valence-corrected chi connectivity index (χ0v) is 14.1. The first kappa shape index (κ1) is 17.1. The van der Waals surface area contributed by atoms with Crippen molar-refractivity contribution in [3.8, 4) is 0 Å². The van der Waals surface area contributed by atoms with Crippen LogP contribution in [0.5, 0.6) is 0 Å². The van der Waals surface area contributed by atoms with Crippen LogP contribution in [0.2, 0.25) is 0 Å². The smallest absolute Gasteiger partial charge is 0.254 e. The van der Waals surface area contributed by atoms with Crippen LogP contribution in [0.15, 0.2) is 30.6 Å². The highest BCUT2D eigenvalue weighted by atomic mass is 19.2. The lowest BCUT2D eigenvalue weighted by molar-refractivity contribution is 0.0746. The lowest BCUT2D eigenvalue weighted by Crippen LogP contribution is -2.49. The van der Waals surface area contributed by atoms with E-state index in [0.717, 1.165) is 23.8 Å². The molecule has 132 valence electrons. The molecule has 0 spiro atoms. The Morgan fingerprint density at radius 3 is 2.40 bits per heavy atom. The molecule has 1 amide bonds. The predicted molar refractivity (Wildman–Crippen MR) is 90.8 cm³/mol. The second-order valence-corrected chi connectivity index (χ2v) is 6.04. The third kappa shape index (κ3) is 3.67. The average Bonchev–Trinajstić information content (AvgIpc) is 2.63. The van der Waals surface area contributed by atoms with Crippen molar-refractivity contribution in [3.05, 3.63) is 47.8 Å². The Morgan fingerprint density at radius 1 is 1.04 bits per heavy atom. The van der Waals surface area contributed by atoms with Crippen LogP contribution in [0.1, 0.15) is 10.4 Å². The number of carbonyl (C=O) groups is 1. The van der Waals surface area contributed by atoms with Gasteiger partial charge in [0, 0.05) is 51.9 Å². The Bertz CT molecular complexity index is 775. The standard InChI is InChI=1S/C17H19F2N5O/c1-22(2)15-10-16(21-11-20-15)23-5-7-24(8-6-23)17(25)12-3-4-13(18)14(19)9-12/h3-4,9-11H,5-8H2,1-2H3. The van der Waals surface area contributed by atoms with Crippen LogP contribution in [0.25, 0.3) is 0 Å². The van der Waals surface area contributed by atoms with Gasteiger partial charge in [-0.15, -0.1) is 0 Å². The minimum Gasteiger partial charge on any atom is -0.363 e. The molecule has 1 aromatic carbocycles. The van der Waals surface area contributed by atoms with E-state index >= 15 is 0 Å². The van der Waals surface area contributed by atoms with Gasteiger partial charge in [-0.1, -0.05) is 0 Å². The number of piperazine rings is 1. The molecule has 8 heteroatoms. The summed E-state index contributed by atoms with van der Waals surface area (Å²) in [5, 5.41) is 0. The molecule has 0 aliphatic carbocycles. The van der Waals surface area contributed by atoms with Gasteiger partial charge in [0.15, 0.2) is 11.6 Å². The lowest BCUT2D eigenvalue weighted by Gasteiger charge is -2.35. The maximum atomic E-state index is 13.3. The van der Waals surface area contributed by atoms with Crippen LogP contribution in [0.4, 0.5) is 20.4 Å². The molecule has 1 aromatic heterocycles. The molecule has 0 unspecified atom stereocenters. The van der Waals surface area contributed by atoms with E-state index < -0.39 is 11.6 Å². The SMILES string of the molecule is CN(C)c1cc(N2CCN(C(=O)c3ccc(F)c(F)c3)CC2)ncn1. The van der Waals surface area contributed by atoms with Gasteiger partial charge >= 0.3 is 0 Å². The first-order valence-corrected chi connectivity index (χ1v) is 7.94. The normalized spacial score (nSPS) is 14.6. The van der Waals surface area contributed by atoms with Crippen LogP contribution >= 0.6 is 0 Å². The molecule has 6 nitrogen and oxygen atoms in total. The van der Waals surface area contributed by atoms with Gasteiger partial charge in [0.25, 0.3) is 5.91 Å². The summed E-state index contributed by atoms with van der Waals surface area (Å²) in [5.74, 6) is -0.650. The van der Waals surface area contributed by atoms with Gasteiger partial charge in [0.1, 0.15) is 18.0 Å². The molecule has 3 rings (SSSR count). The van der Waals surface area contributed by atoms with E-state index in [2.05, 4.69) is 14.9 Å². The Hall–Kier alpha value is -2.77. The van der Waals surface area contributed by atoms with Crippen molar-refractivity contribution < 1.29 is 13.6 Å². The van der Waals surface area contributed by atoms with E-state index in [1.54, 1.807) is 4.90 Å². The minimum absolute atomic E-state index is 0.157. The second kappa shape index (κ2) is 7.00. The van der Waals surface area contributed by atoms with Gasteiger partial charge in [0.2, 0.25) is 0 Å². The lowest BCUT2D eigenvalue weighted by atomic mass is 10.1. The molecule has 0 radical (unpaired) electrons. The molecule has 25 heavy (non-hydrogen) atoms. The van der Waals surface area contributed by atoms with Crippen LogP contribution in [0.3, 0.4) is 0 Å². The third-order valence-electron chi connectivity index (χ3n) is 4.15. The molecule has 1 aliphatic heterocycles. The highest BCUT2D eigenvalue weighted by molar-refractivity contribution is 5.94. The van der Waals surface area contributed by atoms with Crippen molar-refractivity contribution >= 4 is 17.5 Å².